The van der Waals surface area contributed by atoms with Crippen LogP contribution < -0.4 is 0 Å². The van der Waals surface area contributed by atoms with Gasteiger partial charge in [0.15, 0.2) is 0 Å². The molecule has 2 aliphatic rings. The number of benzene rings is 1. The lowest BCUT2D eigenvalue weighted by atomic mass is 9.86. The van der Waals surface area contributed by atoms with Crippen molar-refractivity contribution in [3.8, 4) is 11.3 Å². The molecule has 0 amide bonds. The molecular weight excluding hydrogens is 374 g/mol. The highest BCUT2D eigenvalue weighted by molar-refractivity contribution is 5.58. The molecule has 8 atom stereocenters. The monoisotopic (exact) mass is 403 g/mol. The first-order valence-electron chi connectivity index (χ1n) is 10.3. The van der Waals surface area contributed by atoms with E-state index < -0.39 is 24.4 Å². The van der Waals surface area contributed by atoms with Crippen molar-refractivity contribution < 1.29 is 29.3 Å². The Balaban J connectivity index is 1.31. The van der Waals surface area contributed by atoms with E-state index in [1.54, 1.807) is 6.92 Å². The number of hydrogen-bond acceptors (Lipinski definition) is 7. The van der Waals surface area contributed by atoms with E-state index >= 15 is 0 Å². The zero-order chi connectivity index (χ0) is 20.5. The largest absolute Gasteiger partial charge is 0.393 e. The Morgan fingerprint density at radius 1 is 1.10 bits per heavy atom. The Labute approximate surface area is 170 Å². The minimum absolute atomic E-state index is 0.00247. The van der Waals surface area contributed by atoms with Gasteiger partial charge in [-0.1, -0.05) is 42.4 Å². The molecule has 2 saturated heterocycles. The molecule has 7 heteroatoms. The van der Waals surface area contributed by atoms with Crippen LogP contribution in [0.3, 0.4) is 0 Å². The van der Waals surface area contributed by atoms with E-state index in [0.717, 1.165) is 11.3 Å². The Hall–Kier alpha value is -1.77. The number of rotatable bonds is 7. The predicted octanol–water partition coefficient (Wildman–Crippen LogP) is 1.80. The fraction of sp³-hybridized carbons (Fsp3) is 0.591. The molecule has 7 nitrogen and oxygen atoms in total. The van der Waals surface area contributed by atoms with E-state index in [9.17, 15) is 15.3 Å². The van der Waals surface area contributed by atoms with Crippen LogP contribution in [0.5, 0.6) is 0 Å². The van der Waals surface area contributed by atoms with E-state index in [2.05, 4.69) is 5.16 Å². The zero-order valence-corrected chi connectivity index (χ0v) is 16.7. The molecule has 29 heavy (non-hydrogen) atoms. The van der Waals surface area contributed by atoms with Crippen molar-refractivity contribution in [2.24, 2.45) is 11.8 Å². The van der Waals surface area contributed by atoms with Crippen molar-refractivity contribution in [2.75, 3.05) is 6.61 Å². The van der Waals surface area contributed by atoms with Gasteiger partial charge in [0.25, 0.3) is 0 Å². The van der Waals surface area contributed by atoms with Crippen LogP contribution in [0.15, 0.2) is 40.9 Å². The normalized spacial score (nSPS) is 34.0. The van der Waals surface area contributed by atoms with Crippen molar-refractivity contribution in [3.63, 3.8) is 0 Å². The van der Waals surface area contributed by atoms with Crippen LogP contribution in [0.25, 0.3) is 11.3 Å². The van der Waals surface area contributed by atoms with Gasteiger partial charge in [0.1, 0.15) is 17.6 Å². The lowest BCUT2D eigenvalue weighted by Crippen LogP contribution is -2.51. The molecule has 0 spiro atoms. The van der Waals surface area contributed by atoms with Gasteiger partial charge in [0, 0.05) is 29.9 Å². The van der Waals surface area contributed by atoms with E-state index in [4.69, 9.17) is 14.0 Å². The predicted molar refractivity (Wildman–Crippen MR) is 105 cm³/mol. The van der Waals surface area contributed by atoms with Crippen LogP contribution in [0.2, 0.25) is 0 Å². The van der Waals surface area contributed by atoms with Crippen LogP contribution in [0, 0.1) is 11.8 Å². The van der Waals surface area contributed by atoms with Crippen LogP contribution in [0.4, 0.5) is 0 Å². The van der Waals surface area contributed by atoms with Crippen molar-refractivity contribution >= 4 is 0 Å². The van der Waals surface area contributed by atoms with Gasteiger partial charge >= 0.3 is 0 Å². The fourth-order valence-electron chi connectivity index (χ4n) is 4.06. The summed E-state index contributed by atoms with van der Waals surface area (Å²) in [5, 5.41) is 34.9. The van der Waals surface area contributed by atoms with Crippen LogP contribution in [-0.2, 0) is 15.9 Å². The molecule has 4 rings (SSSR count). The summed E-state index contributed by atoms with van der Waals surface area (Å²) in [5.74, 6) is 0.451. The first-order chi connectivity index (χ1) is 13.9. The van der Waals surface area contributed by atoms with Crippen molar-refractivity contribution in [1.29, 1.82) is 0 Å². The molecule has 0 saturated carbocycles. The van der Waals surface area contributed by atoms with Gasteiger partial charge in [0.2, 0.25) is 0 Å². The summed E-state index contributed by atoms with van der Waals surface area (Å²) in [6.07, 6.45) is -1.95. The first kappa shape index (κ1) is 20.5. The van der Waals surface area contributed by atoms with Crippen molar-refractivity contribution in [2.45, 2.75) is 63.3 Å². The number of aliphatic hydroxyl groups is 3. The van der Waals surface area contributed by atoms with Gasteiger partial charge in [-0.3, -0.25) is 0 Å². The third-order valence-corrected chi connectivity index (χ3v) is 6.21. The van der Waals surface area contributed by atoms with Gasteiger partial charge < -0.3 is 29.3 Å². The van der Waals surface area contributed by atoms with Crippen LogP contribution >= 0.6 is 0 Å². The molecule has 1 aromatic carbocycles. The molecule has 0 aliphatic carbocycles. The SMILES string of the molecule is C[C@H]([C@@H]1O[C@H]1C[C@H]1CO[C@@H](Cc2cc(-c3ccccc3)no2)[C@H](O)[C@@H]1O)[C@H](C)O. The number of aliphatic hydroxyl groups excluding tert-OH is 3. The Bertz CT molecular complexity index is 794. The number of aromatic nitrogens is 1. The number of hydrogen-bond donors (Lipinski definition) is 3. The summed E-state index contributed by atoms with van der Waals surface area (Å²) in [6, 6.07) is 11.5. The molecule has 158 valence electrons. The summed E-state index contributed by atoms with van der Waals surface area (Å²) < 4.78 is 16.9. The highest BCUT2D eigenvalue weighted by atomic mass is 16.6. The molecule has 0 bridgehead atoms. The lowest BCUT2D eigenvalue weighted by molar-refractivity contribution is -0.166. The minimum atomic E-state index is -1.01. The topological polar surface area (TPSA) is 108 Å². The molecule has 2 fully saturated rings. The van der Waals surface area contributed by atoms with E-state index in [-0.39, 0.29) is 24.0 Å². The Morgan fingerprint density at radius 3 is 2.59 bits per heavy atom. The third-order valence-electron chi connectivity index (χ3n) is 6.21. The van der Waals surface area contributed by atoms with Crippen molar-refractivity contribution in [3.05, 3.63) is 42.2 Å². The quantitative estimate of drug-likeness (QED) is 0.605. The molecule has 3 heterocycles. The lowest BCUT2D eigenvalue weighted by Gasteiger charge is -2.37. The molecule has 3 N–H and O–H groups in total. The summed E-state index contributed by atoms with van der Waals surface area (Å²) in [7, 11) is 0. The molecule has 2 aliphatic heterocycles. The van der Waals surface area contributed by atoms with Crippen molar-refractivity contribution in [1.82, 2.24) is 5.16 Å². The summed E-state index contributed by atoms with van der Waals surface area (Å²) >= 11 is 0. The Kier molecular flexibility index (Phi) is 6.03. The molecule has 1 aromatic heterocycles. The molecule has 0 radical (unpaired) electrons. The number of epoxide rings is 1. The number of nitrogens with zero attached hydrogens (tertiary/aromatic N) is 1. The second kappa shape index (κ2) is 8.53. The molecule has 0 unspecified atom stereocenters. The van der Waals surface area contributed by atoms with Gasteiger partial charge in [-0.05, 0) is 13.3 Å². The van der Waals surface area contributed by atoms with Gasteiger partial charge in [-0.25, -0.2) is 0 Å². The standard InChI is InChI=1S/C22H29NO6/c1-12(13(2)24)22-19(28-22)8-15-11-27-18(21(26)20(15)25)10-16-9-17(23-29-16)14-6-4-3-5-7-14/h3-7,9,12-13,15,18-22,24-26H,8,10-11H2,1-2H3/t12-,13-,15-,18-,19-,20+,21-,22-/m0/s1. The minimum Gasteiger partial charge on any atom is -0.393 e. The fourth-order valence-corrected chi connectivity index (χ4v) is 4.06. The molecular formula is C22H29NO6. The highest BCUT2D eigenvalue weighted by Crippen LogP contribution is 2.38. The maximum Gasteiger partial charge on any atom is 0.140 e. The Morgan fingerprint density at radius 2 is 1.86 bits per heavy atom. The second-order valence-electron chi connectivity index (χ2n) is 8.34. The molecule has 2 aromatic rings. The average molecular weight is 403 g/mol. The van der Waals surface area contributed by atoms with Gasteiger partial charge in [-0.15, -0.1) is 0 Å². The first-order valence-corrected chi connectivity index (χ1v) is 10.3. The van der Waals surface area contributed by atoms with E-state index in [1.807, 2.05) is 43.3 Å². The maximum atomic E-state index is 10.6. The van der Waals surface area contributed by atoms with E-state index in [1.165, 1.54) is 0 Å². The van der Waals surface area contributed by atoms with Crippen LogP contribution in [0.1, 0.15) is 26.0 Å². The third kappa shape index (κ3) is 4.54. The summed E-state index contributed by atoms with van der Waals surface area (Å²) in [4.78, 5) is 0. The van der Waals surface area contributed by atoms with Crippen LogP contribution in [-0.4, -0.2) is 63.7 Å². The maximum absolute atomic E-state index is 10.6. The zero-order valence-electron chi connectivity index (χ0n) is 16.7. The second-order valence-corrected chi connectivity index (χ2v) is 8.34. The van der Waals surface area contributed by atoms with Gasteiger partial charge in [-0.2, -0.15) is 0 Å². The smallest absolute Gasteiger partial charge is 0.140 e. The van der Waals surface area contributed by atoms with Gasteiger partial charge in [0.05, 0.1) is 37.1 Å². The average Bonchev–Trinajstić information content (AvgIpc) is 3.33. The highest BCUT2D eigenvalue weighted by Gasteiger charge is 2.48. The summed E-state index contributed by atoms with van der Waals surface area (Å²) in [6.45, 7) is 4.05. The number of ether oxygens (including phenoxy) is 2. The van der Waals surface area contributed by atoms with E-state index in [0.29, 0.717) is 25.2 Å². The summed E-state index contributed by atoms with van der Waals surface area (Å²) in [5.41, 5.74) is 1.69.